The van der Waals surface area contributed by atoms with E-state index in [1.807, 2.05) is 18.2 Å². The molecule has 24 heavy (non-hydrogen) atoms. The average Bonchev–Trinajstić information content (AvgIpc) is 2.60. The fourth-order valence-electron chi connectivity index (χ4n) is 2.39. The Bertz CT molecular complexity index is 615. The van der Waals surface area contributed by atoms with E-state index in [0.717, 1.165) is 0 Å². The van der Waals surface area contributed by atoms with Crippen molar-refractivity contribution in [3.8, 4) is 0 Å². The molecule has 1 amide bonds. The van der Waals surface area contributed by atoms with Gasteiger partial charge in [-0.25, -0.2) is 4.79 Å². The molecule has 0 N–H and O–H groups in total. The van der Waals surface area contributed by atoms with Crippen LogP contribution in [-0.4, -0.2) is 47.6 Å². The first kappa shape index (κ1) is 17.9. The lowest BCUT2D eigenvalue weighted by molar-refractivity contribution is -0.384. The van der Waals surface area contributed by atoms with Crippen LogP contribution in [0, 0.1) is 16.5 Å². The van der Waals surface area contributed by atoms with Gasteiger partial charge in [0.2, 0.25) is 0 Å². The van der Waals surface area contributed by atoms with Crippen molar-refractivity contribution in [1.82, 2.24) is 4.90 Å². The van der Waals surface area contributed by atoms with Crippen LogP contribution in [-0.2, 0) is 16.1 Å². The lowest BCUT2D eigenvalue weighted by Gasteiger charge is -2.36. The summed E-state index contributed by atoms with van der Waals surface area (Å²) in [4.78, 5) is 27.9. The van der Waals surface area contributed by atoms with Crippen molar-refractivity contribution >= 4 is 17.6 Å². The molecule has 1 saturated heterocycles. The van der Waals surface area contributed by atoms with Crippen molar-refractivity contribution in [1.29, 1.82) is 0 Å². The Morgan fingerprint density at radius 1 is 1.50 bits per heavy atom. The number of benzene rings is 1. The Morgan fingerprint density at radius 3 is 2.83 bits per heavy atom. The third-order valence-electron chi connectivity index (χ3n) is 3.73. The van der Waals surface area contributed by atoms with Crippen LogP contribution >= 0.6 is 0 Å². The van der Waals surface area contributed by atoms with Gasteiger partial charge in [0.15, 0.2) is 0 Å². The van der Waals surface area contributed by atoms with Gasteiger partial charge < -0.3 is 14.4 Å². The van der Waals surface area contributed by atoms with Crippen LogP contribution in [0.5, 0.6) is 0 Å². The summed E-state index contributed by atoms with van der Waals surface area (Å²) >= 11 is 0. The van der Waals surface area contributed by atoms with Crippen molar-refractivity contribution in [3.63, 3.8) is 0 Å². The van der Waals surface area contributed by atoms with Crippen LogP contribution in [0.4, 0.5) is 10.5 Å². The maximum atomic E-state index is 11.9. The number of morpholine rings is 1. The molecule has 1 aliphatic rings. The molecule has 0 saturated carbocycles. The van der Waals surface area contributed by atoms with Crippen molar-refractivity contribution in [2.45, 2.75) is 26.5 Å². The molecular weight excluding hydrogens is 314 g/mol. The molecule has 1 heterocycles. The van der Waals surface area contributed by atoms with E-state index in [1.165, 1.54) is 12.1 Å². The van der Waals surface area contributed by atoms with Crippen LogP contribution in [0.25, 0.3) is 0 Å². The molecule has 1 aromatic rings. The van der Waals surface area contributed by atoms with Gasteiger partial charge >= 0.3 is 6.09 Å². The number of aliphatic imine (C=N–C) groups is 1. The number of nitro groups is 1. The normalized spacial score (nSPS) is 18.3. The second kappa shape index (κ2) is 8.39. The molecule has 8 heteroatoms. The highest BCUT2D eigenvalue weighted by atomic mass is 16.6. The zero-order valence-corrected chi connectivity index (χ0v) is 13.7. The van der Waals surface area contributed by atoms with Gasteiger partial charge in [0.05, 0.1) is 24.2 Å². The highest BCUT2D eigenvalue weighted by Crippen LogP contribution is 2.13. The second-order valence-electron chi connectivity index (χ2n) is 5.31. The smallest absolute Gasteiger partial charge is 0.435 e. The predicted molar refractivity (Wildman–Crippen MR) is 87.7 cm³/mol. The monoisotopic (exact) mass is 334 g/mol. The number of carbonyl (C=O) groups excluding carboxylic acids is 1. The number of ether oxygens (including phenoxy) is 2. The SMILES string of the molecule is C[CH]C1COCCN1C(C)=NC(=O)OCc1ccc([N+](=O)[O-])cc1. The molecule has 1 atom stereocenters. The molecule has 1 radical (unpaired) electrons. The van der Waals surface area contributed by atoms with Crippen LogP contribution in [0.3, 0.4) is 0 Å². The van der Waals surface area contributed by atoms with Gasteiger partial charge in [-0.05, 0) is 31.0 Å². The fraction of sp³-hybridized carbons (Fsp3) is 0.438. The molecule has 1 fully saturated rings. The van der Waals surface area contributed by atoms with Crippen LogP contribution in [0.15, 0.2) is 29.3 Å². The van der Waals surface area contributed by atoms with E-state index in [0.29, 0.717) is 31.2 Å². The summed E-state index contributed by atoms with van der Waals surface area (Å²) in [6.45, 7) is 5.54. The van der Waals surface area contributed by atoms with E-state index in [1.54, 1.807) is 19.1 Å². The number of hydrogen-bond acceptors (Lipinski definition) is 5. The third kappa shape index (κ3) is 4.76. The lowest BCUT2D eigenvalue weighted by atomic mass is 10.2. The van der Waals surface area contributed by atoms with Gasteiger partial charge in [-0.15, -0.1) is 0 Å². The molecule has 8 nitrogen and oxygen atoms in total. The summed E-state index contributed by atoms with van der Waals surface area (Å²) in [6.07, 6.45) is 1.31. The predicted octanol–water partition coefficient (Wildman–Crippen LogP) is 2.57. The number of amidine groups is 1. The minimum Gasteiger partial charge on any atom is -0.443 e. The minimum atomic E-state index is -0.688. The van der Waals surface area contributed by atoms with Crippen molar-refractivity contribution < 1.29 is 19.2 Å². The van der Waals surface area contributed by atoms with Crippen LogP contribution in [0.1, 0.15) is 19.4 Å². The number of carbonyl (C=O) groups is 1. The van der Waals surface area contributed by atoms with Crippen LogP contribution in [0.2, 0.25) is 0 Å². The van der Waals surface area contributed by atoms with Crippen molar-refractivity contribution in [2.75, 3.05) is 19.8 Å². The molecule has 0 bridgehead atoms. The Kier molecular flexibility index (Phi) is 6.25. The molecule has 2 rings (SSSR count). The molecule has 129 valence electrons. The lowest BCUT2D eigenvalue weighted by Crippen LogP contribution is -2.48. The maximum absolute atomic E-state index is 11.9. The first-order valence-corrected chi connectivity index (χ1v) is 7.60. The summed E-state index contributed by atoms with van der Waals surface area (Å²) < 4.78 is 10.5. The number of hydrogen-bond donors (Lipinski definition) is 0. The fourth-order valence-corrected chi connectivity index (χ4v) is 2.39. The minimum absolute atomic E-state index is 0.00637. The third-order valence-corrected chi connectivity index (χ3v) is 3.73. The molecule has 0 aromatic heterocycles. The summed E-state index contributed by atoms with van der Waals surface area (Å²) in [6, 6.07) is 5.92. The standard InChI is InChI=1S/C16H20N3O5/c1-3-14-11-23-9-8-18(14)12(2)17-16(20)24-10-13-4-6-15(7-5-13)19(21)22/h3-7,14H,8-11H2,1-2H3. The molecule has 1 aromatic carbocycles. The molecule has 0 spiro atoms. The summed E-state index contributed by atoms with van der Waals surface area (Å²) in [5, 5.41) is 10.6. The molecule has 1 aliphatic heterocycles. The molecular formula is C16H20N3O5. The summed E-state index contributed by atoms with van der Waals surface area (Å²) in [5.74, 6) is 0.579. The van der Waals surface area contributed by atoms with E-state index in [-0.39, 0.29) is 18.3 Å². The zero-order valence-electron chi connectivity index (χ0n) is 13.7. The Morgan fingerprint density at radius 2 is 2.21 bits per heavy atom. The number of nitro benzene ring substituents is 1. The first-order valence-electron chi connectivity index (χ1n) is 7.60. The van der Waals surface area contributed by atoms with Gasteiger partial charge in [0.25, 0.3) is 5.69 Å². The van der Waals surface area contributed by atoms with E-state index in [2.05, 4.69) is 4.99 Å². The molecule has 1 unspecified atom stereocenters. The van der Waals surface area contributed by atoms with E-state index < -0.39 is 11.0 Å². The Hall–Kier alpha value is -2.48. The second-order valence-corrected chi connectivity index (χ2v) is 5.31. The van der Waals surface area contributed by atoms with E-state index in [9.17, 15) is 14.9 Å². The largest absolute Gasteiger partial charge is 0.443 e. The number of non-ortho nitro benzene ring substituents is 1. The van der Waals surface area contributed by atoms with Crippen molar-refractivity contribution in [2.24, 2.45) is 4.99 Å². The van der Waals surface area contributed by atoms with E-state index in [4.69, 9.17) is 9.47 Å². The Balaban J connectivity index is 1.90. The zero-order chi connectivity index (χ0) is 17.5. The first-order chi connectivity index (χ1) is 11.5. The maximum Gasteiger partial charge on any atom is 0.435 e. The highest BCUT2D eigenvalue weighted by Gasteiger charge is 2.23. The van der Waals surface area contributed by atoms with Crippen molar-refractivity contribution in [3.05, 3.63) is 46.4 Å². The molecule has 0 aliphatic carbocycles. The summed E-state index contributed by atoms with van der Waals surface area (Å²) in [7, 11) is 0. The Labute approximate surface area is 140 Å². The quantitative estimate of drug-likeness (QED) is 0.363. The van der Waals surface area contributed by atoms with E-state index >= 15 is 0 Å². The van der Waals surface area contributed by atoms with Gasteiger partial charge in [-0.2, -0.15) is 4.99 Å². The topological polar surface area (TPSA) is 94.3 Å². The summed E-state index contributed by atoms with van der Waals surface area (Å²) in [5.41, 5.74) is 0.654. The average molecular weight is 334 g/mol. The number of nitrogens with zero attached hydrogens (tertiary/aromatic N) is 3. The van der Waals surface area contributed by atoms with Gasteiger partial charge in [0, 0.05) is 18.7 Å². The van der Waals surface area contributed by atoms with Crippen LogP contribution < -0.4 is 0 Å². The van der Waals surface area contributed by atoms with Gasteiger partial charge in [0.1, 0.15) is 12.4 Å². The highest BCUT2D eigenvalue weighted by molar-refractivity contribution is 5.90. The number of amides is 1. The van der Waals surface area contributed by atoms with Gasteiger partial charge in [-0.3, -0.25) is 10.1 Å². The van der Waals surface area contributed by atoms with Gasteiger partial charge in [-0.1, -0.05) is 6.92 Å². The number of rotatable bonds is 4.